The highest BCUT2D eigenvalue weighted by Crippen LogP contribution is 2.20. The lowest BCUT2D eigenvalue weighted by atomic mass is 10.1. The number of aromatic nitrogens is 7. The first-order chi connectivity index (χ1) is 18.6. The van der Waals surface area contributed by atoms with Crippen LogP contribution in [0.2, 0.25) is 0 Å². The van der Waals surface area contributed by atoms with Crippen LogP contribution < -0.4 is 9.84 Å². The van der Waals surface area contributed by atoms with Crippen molar-refractivity contribution in [3.05, 3.63) is 71.6 Å². The third-order valence-electron chi connectivity index (χ3n) is 5.31. The summed E-state index contributed by atoms with van der Waals surface area (Å²) in [6.07, 6.45) is -2.53. The first-order valence-electron chi connectivity index (χ1n) is 11.9. The maximum atomic E-state index is 13.5. The molecule has 0 aliphatic rings. The zero-order valence-electron chi connectivity index (χ0n) is 22.4. The summed E-state index contributed by atoms with van der Waals surface area (Å²) in [6.45, 7) is 4.41. The summed E-state index contributed by atoms with van der Waals surface area (Å²) < 4.78 is 55.2. The number of halogens is 4. The highest BCUT2D eigenvalue weighted by molar-refractivity contribution is 5.70. The van der Waals surface area contributed by atoms with Gasteiger partial charge in [-0.15, -0.1) is 15.3 Å². The van der Waals surface area contributed by atoms with E-state index >= 15 is 0 Å². The molecule has 0 saturated heterocycles. The molecule has 4 rings (SSSR count). The lowest BCUT2D eigenvalue weighted by Crippen LogP contribution is -2.37. The second kappa shape index (κ2) is 12.2. The van der Waals surface area contributed by atoms with Gasteiger partial charge < -0.3 is 19.1 Å². The molecule has 4 aromatic rings. The number of imidazole rings is 1. The topological polar surface area (TPSA) is 124 Å². The van der Waals surface area contributed by atoms with Crippen molar-refractivity contribution < 1.29 is 36.7 Å². The van der Waals surface area contributed by atoms with Crippen molar-refractivity contribution in [2.24, 2.45) is 0 Å². The van der Waals surface area contributed by atoms with Gasteiger partial charge >= 0.3 is 6.18 Å². The molecular weight excluding hydrogens is 536 g/mol. The normalized spacial score (nSPS) is 12.4. The van der Waals surface area contributed by atoms with E-state index in [9.17, 15) is 17.6 Å². The minimum atomic E-state index is -5.19. The summed E-state index contributed by atoms with van der Waals surface area (Å²) >= 11 is 0. The molecule has 0 N–H and O–H groups in total. The molecule has 0 saturated carbocycles. The predicted octanol–water partition coefficient (Wildman–Crippen LogP) is 2.67. The molecule has 3 aromatic heterocycles. The number of ether oxygens (including phenoxy) is 1. The maximum Gasteiger partial charge on any atom is 0.430 e. The predicted molar refractivity (Wildman–Crippen MR) is 132 cm³/mol. The Kier molecular flexibility index (Phi) is 9.19. The largest absolute Gasteiger partial charge is 0.542 e. The summed E-state index contributed by atoms with van der Waals surface area (Å²) in [5.41, 5.74) is 3.90. The molecule has 0 spiro atoms. The average molecular weight is 565 g/mol. The van der Waals surface area contributed by atoms with E-state index in [1.807, 2.05) is 35.9 Å². The number of rotatable bonds is 8. The van der Waals surface area contributed by atoms with Crippen LogP contribution in [0.15, 0.2) is 48.9 Å². The van der Waals surface area contributed by atoms with Crippen molar-refractivity contribution in [1.82, 2.24) is 34.7 Å². The van der Waals surface area contributed by atoms with Gasteiger partial charge in [0.05, 0.1) is 32.5 Å². The highest BCUT2D eigenvalue weighted by Gasteiger charge is 2.28. The summed E-state index contributed by atoms with van der Waals surface area (Å²) in [5.74, 6) is -1.96. The highest BCUT2D eigenvalue weighted by atomic mass is 19.4. The summed E-state index contributed by atoms with van der Waals surface area (Å²) in [5, 5.41) is 25.6. The minimum absolute atomic E-state index is 0.215. The van der Waals surface area contributed by atoms with E-state index in [-0.39, 0.29) is 6.61 Å². The molecule has 40 heavy (non-hydrogen) atoms. The fraction of sp³-hybridized carbons (Fsp3) is 0.360. The second-order valence-electron chi connectivity index (χ2n) is 9.77. The van der Waals surface area contributed by atoms with E-state index in [0.717, 1.165) is 33.8 Å². The summed E-state index contributed by atoms with van der Waals surface area (Å²) in [7, 11) is 6.36. The third kappa shape index (κ3) is 8.30. The molecule has 0 fully saturated rings. The molecule has 0 aliphatic heterocycles. The first-order valence-corrected chi connectivity index (χ1v) is 11.9. The van der Waals surface area contributed by atoms with Crippen LogP contribution >= 0.6 is 0 Å². The Morgan fingerprint density at radius 3 is 2.25 bits per heavy atom. The van der Waals surface area contributed by atoms with Crippen LogP contribution in [0.25, 0.3) is 11.5 Å². The third-order valence-corrected chi connectivity index (χ3v) is 5.31. The van der Waals surface area contributed by atoms with E-state index in [1.54, 1.807) is 29.2 Å². The van der Waals surface area contributed by atoms with Gasteiger partial charge in [-0.1, -0.05) is 17.3 Å². The fourth-order valence-electron chi connectivity index (χ4n) is 3.36. The van der Waals surface area contributed by atoms with Gasteiger partial charge in [-0.2, -0.15) is 13.2 Å². The second-order valence-corrected chi connectivity index (χ2v) is 9.77. The van der Waals surface area contributed by atoms with Crippen LogP contribution in [0, 0.1) is 6.92 Å². The monoisotopic (exact) mass is 564 g/mol. The van der Waals surface area contributed by atoms with Crippen LogP contribution in [0.4, 0.5) is 17.6 Å². The molecule has 3 heterocycles. The average Bonchev–Trinajstić information content (AvgIpc) is 3.48. The number of carbonyl (C=O) groups is 1. The zero-order chi connectivity index (χ0) is 29.7. The number of alkyl halides is 4. The number of aliphatic carboxylic acids is 1. The molecule has 0 radical (unpaired) electrons. The Morgan fingerprint density at radius 2 is 1.73 bits per heavy atom. The molecule has 15 heteroatoms. The standard InChI is InChI=1S/C23H28FN8O.C2HF3O2/c1-16(24)18-6-8-20(9-7-18)31-21(17(2)26-29-31)14-33-23-11-10-22(27-28-23)30-12-19(25-15-30)13-32(3,4)5;3-2(4,5)1(6)7/h6-12,15-16H,13-14H2,1-5H3;(H,6,7)/q+1;/p-1. The SMILES string of the molecule is Cc1nnn(-c2ccc(C(C)F)cc2)c1COc1ccc(-n2cnc(C[N+](C)(C)C)c2)nn1.O=C([O-])C(F)(F)F. The van der Waals surface area contributed by atoms with Gasteiger partial charge in [0.1, 0.15) is 43.0 Å². The van der Waals surface area contributed by atoms with Crippen molar-refractivity contribution >= 4 is 5.97 Å². The van der Waals surface area contributed by atoms with E-state index < -0.39 is 18.3 Å². The molecule has 1 aromatic carbocycles. The summed E-state index contributed by atoms with van der Waals surface area (Å²) in [6, 6.07) is 10.7. The molecule has 0 aliphatic carbocycles. The van der Waals surface area contributed by atoms with Crippen molar-refractivity contribution in [2.75, 3.05) is 21.1 Å². The maximum absolute atomic E-state index is 13.5. The van der Waals surface area contributed by atoms with Gasteiger partial charge in [-0.05, 0) is 37.6 Å². The number of carboxylic acid groups (broad SMARTS) is 1. The Labute approximate surface area is 227 Å². The number of carboxylic acids is 1. The molecule has 0 bridgehead atoms. The van der Waals surface area contributed by atoms with Crippen LogP contribution in [0.3, 0.4) is 0 Å². The number of aryl methyl sites for hydroxylation is 1. The number of hydrogen-bond acceptors (Lipinski definition) is 8. The molecular formula is C25H28F4N8O3. The lowest BCUT2D eigenvalue weighted by molar-refractivity contribution is -0.884. The number of carbonyl (C=O) groups excluding carboxylic acids is 1. The fourth-order valence-corrected chi connectivity index (χ4v) is 3.36. The molecule has 214 valence electrons. The smallest absolute Gasteiger partial charge is 0.430 e. The van der Waals surface area contributed by atoms with E-state index in [4.69, 9.17) is 14.6 Å². The van der Waals surface area contributed by atoms with Crippen molar-refractivity contribution in [3.8, 4) is 17.4 Å². The lowest BCUT2D eigenvalue weighted by Gasteiger charge is -2.22. The van der Waals surface area contributed by atoms with Crippen molar-refractivity contribution in [1.29, 1.82) is 0 Å². The minimum Gasteiger partial charge on any atom is -0.542 e. The van der Waals surface area contributed by atoms with Gasteiger partial charge in [0.2, 0.25) is 5.88 Å². The number of quaternary nitrogens is 1. The Morgan fingerprint density at radius 1 is 1.07 bits per heavy atom. The Hall–Kier alpha value is -4.40. The zero-order valence-corrected chi connectivity index (χ0v) is 22.4. The van der Waals surface area contributed by atoms with Crippen molar-refractivity contribution in [3.63, 3.8) is 0 Å². The number of benzene rings is 1. The first kappa shape index (κ1) is 30.1. The molecule has 1 atom stereocenters. The van der Waals surface area contributed by atoms with Crippen LogP contribution in [0.1, 0.15) is 35.7 Å². The van der Waals surface area contributed by atoms with E-state index in [2.05, 4.69) is 46.6 Å². The summed E-state index contributed by atoms with van der Waals surface area (Å²) in [4.78, 5) is 13.2. The van der Waals surface area contributed by atoms with Gasteiger partial charge in [-0.25, -0.2) is 14.1 Å². The van der Waals surface area contributed by atoms with Crippen LogP contribution in [0.5, 0.6) is 5.88 Å². The van der Waals surface area contributed by atoms with E-state index in [1.165, 1.54) is 6.92 Å². The number of nitrogens with zero attached hydrogens (tertiary/aromatic N) is 8. The van der Waals surface area contributed by atoms with Crippen molar-refractivity contribution in [2.45, 2.75) is 39.3 Å². The Balaban J connectivity index is 0.000000559. The number of hydrogen-bond donors (Lipinski definition) is 0. The van der Waals surface area contributed by atoms with Gasteiger partial charge in [0.25, 0.3) is 0 Å². The van der Waals surface area contributed by atoms with Gasteiger partial charge in [0, 0.05) is 12.3 Å². The molecule has 0 amide bonds. The molecule has 11 nitrogen and oxygen atoms in total. The molecule has 1 unspecified atom stereocenters. The van der Waals surface area contributed by atoms with E-state index in [0.29, 0.717) is 17.3 Å². The quantitative estimate of drug-likeness (QED) is 0.236. The van der Waals surface area contributed by atoms with Gasteiger partial charge in [-0.3, -0.25) is 4.57 Å². The Bertz CT molecular complexity index is 1410. The van der Waals surface area contributed by atoms with Crippen LogP contribution in [-0.4, -0.2) is 72.5 Å². The van der Waals surface area contributed by atoms with Crippen LogP contribution in [-0.2, 0) is 17.9 Å². The van der Waals surface area contributed by atoms with Gasteiger partial charge in [0.15, 0.2) is 5.82 Å².